The zero-order valence-corrected chi connectivity index (χ0v) is 16.5. The van der Waals surface area contributed by atoms with Crippen LogP contribution in [0.5, 0.6) is 11.5 Å². The molecule has 3 rings (SSSR count). The van der Waals surface area contributed by atoms with Crippen LogP contribution in [0.3, 0.4) is 0 Å². The number of nitrogens with one attached hydrogen (secondary N) is 1. The molecule has 2 aromatic carbocycles. The highest BCUT2D eigenvalue weighted by molar-refractivity contribution is 9.10. The quantitative estimate of drug-likeness (QED) is 0.548. The molecule has 0 aromatic heterocycles. The summed E-state index contributed by atoms with van der Waals surface area (Å²) in [5, 5.41) is 9.92. The molecule has 8 heteroatoms. The smallest absolute Gasteiger partial charge is 0.282 e. The fourth-order valence-corrected chi connectivity index (χ4v) is 3.06. The number of nitriles is 1. The number of amides is 2. The first kappa shape index (κ1) is 19.5. The van der Waals surface area contributed by atoms with E-state index in [9.17, 15) is 9.59 Å². The minimum Gasteiger partial charge on any atom is -0.490 e. The van der Waals surface area contributed by atoms with Crippen molar-refractivity contribution in [2.24, 2.45) is 0 Å². The van der Waals surface area contributed by atoms with Crippen molar-refractivity contribution in [3.8, 4) is 17.6 Å². The zero-order chi connectivity index (χ0) is 20.1. The number of rotatable bonds is 6. The molecule has 0 aliphatic carbocycles. The first-order valence-electron chi connectivity index (χ1n) is 8.43. The second-order valence-electron chi connectivity index (χ2n) is 5.68. The highest BCUT2D eigenvalue weighted by Gasteiger charge is 2.34. The summed E-state index contributed by atoms with van der Waals surface area (Å²) in [6, 6.07) is 14.0. The molecule has 0 unspecified atom stereocenters. The highest BCUT2D eigenvalue weighted by atomic mass is 79.9. The van der Waals surface area contributed by atoms with Crippen LogP contribution in [0.2, 0.25) is 0 Å². The van der Waals surface area contributed by atoms with Crippen molar-refractivity contribution in [3.05, 3.63) is 58.1 Å². The fraction of sp³-hybridized carbons (Fsp3) is 0.150. The largest absolute Gasteiger partial charge is 0.490 e. The van der Waals surface area contributed by atoms with Crippen LogP contribution in [0, 0.1) is 11.3 Å². The summed E-state index contributed by atoms with van der Waals surface area (Å²) in [5.74, 6) is -0.140. The van der Waals surface area contributed by atoms with Crippen LogP contribution < -0.4 is 19.9 Å². The van der Waals surface area contributed by atoms with Gasteiger partial charge in [0.25, 0.3) is 11.8 Å². The van der Waals surface area contributed by atoms with E-state index >= 15 is 0 Å². The summed E-state index contributed by atoms with van der Waals surface area (Å²) in [5.41, 5.74) is 3.69. The average molecular weight is 442 g/mol. The number of halogens is 1. The summed E-state index contributed by atoms with van der Waals surface area (Å²) in [7, 11) is 0. The lowest BCUT2D eigenvalue weighted by Crippen LogP contribution is -2.35. The minimum absolute atomic E-state index is 0.00213. The normalized spacial score (nSPS) is 14.8. The van der Waals surface area contributed by atoms with Crippen molar-refractivity contribution in [2.75, 3.05) is 18.2 Å². The standard InChI is InChI=1S/C20H16BrN3O4/c1-2-27-17-11-13(16(21)12-18(17)28-9-8-22)10-15-19(25)23-24(20(15)26)14-6-4-3-5-7-14/h3-7,10-12H,2,9H2,1H3,(H,23,25). The molecule has 142 valence electrons. The van der Waals surface area contributed by atoms with Gasteiger partial charge in [-0.25, -0.2) is 5.01 Å². The van der Waals surface area contributed by atoms with Gasteiger partial charge in [0.15, 0.2) is 18.1 Å². The van der Waals surface area contributed by atoms with Gasteiger partial charge in [0, 0.05) is 4.47 Å². The van der Waals surface area contributed by atoms with E-state index in [1.807, 2.05) is 19.1 Å². The summed E-state index contributed by atoms with van der Waals surface area (Å²) in [4.78, 5) is 25.1. The van der Waals surface area contributed by atoms with Gasteiger partial charge in [-0.2, -0.15) is 5.26 Å². The molecular weight excluding hydrogens is 426 g/mol. The Hall–Kier alpha value is -3.31. The van der Waals surface area contributed by atoms with Crippen LogP contribution in [0.15, 0.2) is 52.5 Å². The lowest BCUT2D eigenvalue weighted by atomic mass is 10.1. The maximum absolute atomic E-state index is 12.7. The van der Waals surface area contributed by atoms with Gasteiger partial charge >= 0.3 is 0 Å². The monoisotopic (exact) mass is 441 g/mol. The second kappa shape index (κ2) is 8.59. The van der Waals surface area contributed by atoms with Crippen molar-refractivity contribution in [3.63, 3.8) is 0 Å². The van der Waals surface area contributed by atoms with Crippen LogP contribution in [-0.4, -0.2) is 25.0 Å². The molecule has 0 spiro atoms. The highest BCUT2D eigenvalue weighted by Crippen LogP contribution is 2.35. The summed E-state index contributed by atoms with van der Waals surface area (Å²) in [6.45, 7) is 2.08. The van der Waals surface area contributed by atoms with E-state index in [2.05, 4.69) is 21.4 Å². The SMILES string of the molecule is CCOc1cc(C=C2C(=O)NN(c3ccccc3)C2=O)c(Br)cc1OCC#N. The van der Waals surface area contributed by atoms with Crippen molar-refractivity contribution in [1.82, 2.24) is 5.43 Å². The van der Waals surface area contributed by atoms with Crippen LogP contribution >= 0.6 is 15.9 Å². The van der Waals surface area contributed by atoms with E-state index in [4.69, 9.17) is 14.7 Å². The average Bonchev–Trinajstić information content (AvgIpc) is 2.98. The molecule has 0 atom stereocenters. The third-order valence-corrected chi connectivity index (χ3v) is 4.55. The Balaban J connectivity index is 1.96. The third kappa shape index (κ3) is 4.00. The van der Waals surface area contributed by atoms with E-state index in [1.165, 1.54) is 11.1 Å². The Labute approximate surface area is 170 Å². The molecule has 28 heavy (non-hydrogen) atoms. The van der Waals surface area contributed by atoms with Gasteiger partial charge in [0.1, 0.15) is 11.6 Å². The van der Waals surface area contributed by atoms with Gasteiger partial charge in [0.2, 0.25) is 0 Å². The molecule has 2 amide bonds. The molecular formula is C20H16BrN3O4. The number of hydrogen-bond acceptors (Lipinski definition) is 5. The second-order valence-corrected chi connectivity index (χ2v) is 6.53. The van der Waals surface area contributed by atoms with Crippen LogP contribution in [0.4, 0.5) is 5.69 Å². The Kier molecular flexibility index (Phi) is 5.96. The molecule has 1 N–H and O–H groups in total. The molecule has 1 saturated heterocycles. The van der Waals surface area contributed by atoms with E-state index in [0.717, 1.165) is 0 Å². The number of nitrogens with zero attached hydrogens (tertiary/aromatic N) is 2. The molecule has 1 fully saturated rings. The fourth-order valence-electron chi connectivity index (χ4n) is 2.62. The van der Waals surface area contributed by atoms with Gasteiger partial charge in [0.05, 0.1) is 12.3 Å². The number of ether oxygens (including phenoxy) is 2. The Morgan fingerprint density at radius 2 is 1.89 bits per heavy atom. The van der Waals surface area contributed by atoms with Gasteiger partial charge in [-0.05, 0) is 42.8 Å². The van der Waals surface area contributed by atoms with Gasteiger partial charge in [-0.3, -0.25) is 15.0 Å². The Bertz CT molecular complexity index is 983. The number of benzene rings is 2. The Morgan fingerprint density at radius 1 is 1.18 bits per heavy atom. The number of carbonyl (C=O) groups excluding carboxylic acids is 2. The molecule has 1 heterocycles. The zero-order valence-electron chi connectivity index (χ0n) is 14.9. The van der Waals surface area contributed by atoms with E-state index < -0.39 is 11.8 Å². The number of hydrazine groups is 1. The topological polar surface area (TPSA) is 91.7 Å². The van der Waals surface area contributed by atoms with E-state index in [1.54, 1.807) is 36.4 Å². The maximum Gasteiger partial charge on any atom is 0.282 e. The molecule has 7 nitrogen and oxygen atoms in total. The molecule has 1 aliphatic heterocycles. The van der Waals surface area contributed by atoms with Crippen molar-refractivity contribution >= 4 is 39.5 Å². The molecule has 0 radical (unpaired) electrons. The maximum atomic E-state index is 12.7. The summed E-state index contributed by atoms with van der Waals surface area (Å²) in [6.07, 6.45) is 1.49. The van der Waals surface area contributed by atoms with Gasteiger partial charge in [-0.15, -0.1) is 0 Å². The minimum atomic E-state index is -0.497. The van der Waals surface area contributed by atoms with Crippen LogP contribution in [-0.2, 0) is 9.59 Å². The summed E-state index contributed by atoms with van der Waals surface area (Å²) >= 11 is 3.41. The van der Waals surface area contributed by atoms with Crippen LogP contribution in [0.1, 0.15) is 12.5 Å². The van der Waals surface area contributed by atoms with Gasteiger partial charge in [-0.1, -0.05) is 34.1 Å². The van der Waals surface area contributed by atoms with Crippen LogP contribution in [0.25, 0.3) is 6.08 Å². The Morgan fingerprint density at radius 3 is 2.57 bits per heavy atom. The van der Waals surface area contributed by atoms with Crippen molar-refractivity contribution in [1.29, 1.82) is 5.26 Å². The van der Waals surface area contributed by atoms with E-state index in [0.29, 0.717) is 33.8 Å². The van der Waals surface area contributed by atoms with E-state index in [-0.39, 0.29) is 12.2 Å². The lowest BCUT2D eigenvalue weighted by molar-refractivity contribution is -0.117. The first-order valence-corrected chi connectivity index (χ1v) is 9.22. The predicted octanol–water partition coefficient (Wildman–Crippen LogP) is 3.21. The number of carbonyl (C=O) groups is 2. The number of anilines is 1. The van der Waals surface area contributed by atoms with Gasteiger partial charge < -0.3 is 9.47 Å². The first-order chi connectivity index (χ1) is 13.5. The van der Waals surface area contributed by atoms with Crippen molar-refractivity contribution < 1.29 is 19.1 Å². The summed E-state index contributed by atoms with van der Waals surface area (Å²) < 4.78 is 11.5. The predicted molar refractivity (Wildman–Crippen MR) is 106 cm³/mol. The molecule has 1 aliphatic rings. The lowest BCUT2D eigenvalue weighted by Gasteiger charge is -2.14. The molecule has 2 aromatic rings. The third-order valence-electron chi connectivity index (χ3n) is 3.86. The number of para-hydroxylation sites is 1. The van der Waals surface area contributed by atoms with Crippen molar-refractivity contribution in [2.45, 2.75) is 6.92 Å². The molecule has 0 bridgehead atoms. The molecule has 0 saturated carbocycles. The number of hydrogen-bond donors (Lipinski definition) is 1.